The maximum absolute atomic E-state index is 14.1. The van der Waals surface area contributed by atoms with Crippen LogP contribution in [0.3, 0.4) is 0 Å². The van der Waals surface area contributed by atoms with Gasteiger partial charge in [0.1, 0.15) is 23.9 Å². The SMILES string of the molecule is C=Cc1c(C)c(C)cc(=O)n1CC(=O)NC(Cc1cc(F)cc(F)c1)c1ncccc1-c1ccnc(C(N)=O)c1. The molecule has 0 radical (unpaired) electrons. The summed E-state index contributed by atoms with van der Waals surface area (Å²) in [6, 6.07) is 10.2. The average Bonchev–Trinajstić information content (AvgIpc) is 2.91. The van der Waals surface area contributed by atoms with E-state index < -0.39 is 29.5 Å². The Hall–Kier alpha value is -4.99. The largest absolute Gasteiger partial charge is 0.364 e. The third-order valence-corrected chi connectivity index (χ3v) is 6.56. The van der Waals surface area contributed by atoms with Gasteiger partial charge in [-0.15, -0.1) is 0 Å². The van der Waals surface area contributed by atoms with Gasteiger partial charge in [0.15, 0.2) is 0 Å². The van der Waals surface area contributed by atoms with E-state index in [4.69, 9.17) is 5.73 Å². The number of hydrogen-bond donors (Lipinski definition) is 2. The first-order valence-electron chi connectivity index (χ1n) is 12.4. The number of rotatable bonds is 9. The molecule has 10 heteroatoms. The molecule has 204 valence electrons. The fraction of sp³-hybridized carbons (Fsp3) is 0.167. The van der Waals surface area contributed by atoms with Crippen LogP contribution in [0.4, 0.5) is 8.78 Å². The van der Waals surface area contributed by atoms with Gasteiger partial charge in [-0.1, -0.05) is 12.6 Å². The van der Waals surface area contributed by atoms with E-state index >= 15 is 0 Å². The number of aryl methyl sites for hydroxylation is 1. The van der Waals surface area contributed by atoms with Gasteiger partial charge in [0, 0.05) is 35.8 Å². The van der Waals surface area contributed by atoms with Crippen molar-refractivity contribution in [1.82, 2.24) is 19.9 Å². The smallest absolute Gasteiger partial charge is 0.267 e. The number of pyridine rings is 3. The number of nitrogens with two attached hydrogens (primary N) is 1. The van der Waals surface area contributed by atoms with Gasteiger partial charge in [-0.05, 0) is 78.9 Å². The number of halogens is 2. The van der Waals surface area contributed by atoms with Crippen molar-refractivity contribution in [3.63, 3.8) is 0 Å². The second-order valence-electron chi connectivity index (χ2n) is 9.30. The van der Waals surface area contributed by atoms with Crippen molar-refractivity contribution in [3.8, 4) is 11.1 Å². The summed E-state index contributed by atoms with van der Waals surface area (Å²) in [7, 11) is 0. The number of amides is 2. The van der Waals surface area contributed by atoms with Gasteiger partial charge in [0.05, 0.1) is 11.7 Å². The molecule has 3 aromatic heterocycles. The number of hydrogen-bond acceptors (Lipinski definition) is 5. The van der Waals surface area contributed by atoms with Gasteiger partial charge in [0.25, 0.3) is 11.5 Å². The van der Waals surface area contributed by atoms with Gasteiger partial charge in [-0.3, -0.25) is 28.9 Å². The molecule has 0 saturated carbocycles. The zero-order valence-electron chi connectivity index (χ0n) is 21.9. The van der Waals surface area contributed by atoms with Crippen LogP contribution in [0.2, 0.25) is 0 Å². The molecule has 0 aliphatic carbocycles. The van der Waals surface area contributed by atoms with E-state index in [1.807, 2.05) is 6.92 Å². The summed E-state index contributed by atoms with van der Waals surface area (Å²) in [6.07, 6.45) is 4.43. The summed E-state index contributed by atoms with van der Waals surface area (Å²) in [6.45, 7) is 7.09. The number of nitrogens with one attached hydrogen (secondary N) is 1. The molecule has 8 nitrogen and oxygen atoms in total. The standard InChI is InChI=1S/C30H27F2N5O3/c1-4-26-18(3)17(2)10-28(39)37(26)16-27(38)36-24(13-19-11-21(31)15-22(32)12-19)29-23(6-5-8-35-29)20-7-9-34-25(14-20)30(33)40/h4-12,14-15,24H,1,13,16H2,2-3H3,(H2,33,40)(H,36,38). The van der Waals surface area contributed by atoms with Crippen LogP contribution in [0.15, 0.2) is 72.3 Å². The maximum atomic E-state index is 14.1. The normalized spacial score (nSPS) is 11.6. The van der Waals surface area contributed by atoms with Crippen molar-refractivity contribution in [2.45, 2.75) is 32.9 Å². The molecule has 0 spiro atoms. The molecule has 3 N–H and O–H groups in total. The van der Waals surface area contributed by atoms with Gasteiger partial charge >= 0.3 is 0 Å². The van der Waals surface area contributed by atoms with Crippen LogP contribution in [0.1, 0.15) is 44.6 Å². The fourth-order valence-electron chi connectivity index (χ4n) is 4.56. The molecule has 4 rings (SSSR count). The Morgan fingerprint density at radius 2 is 1.80 bits per heavy atom. The zero-order chi connectivity index (χ0) is 29.0. The van der Waals surface area contributed by atoms with E-state index in [-0.39, 0.29) is 29.8 Å². The molecule has 1 aromatic carbocycles. The lowest BCUT2D eigenvalue weighted by atomic mass is 9.95. The monoisotopic (exact) mass is 543 g/mol. The minimum atomic E-state index is -0.871. The van der Waals surface area contributed by atoms with Crippen LogP contribution < -0.4 is 16.6 Å². The second-order valence-corrected chi connectivity index (χ2v) is 9.30. The van der Waals surface area contributed by atoms with Crippen molar-refractivity contribution < 1.29 is 18.4 Å². The Morgan fingerprint density at radius 3 is 2.48 bits per heavy atom. The highest BCUT2D eigenvalue weighted by molar-refractivity contribution is 5.92. The molecule has 0 bridgehead atoms. The second kappa shape index (κ2) is 11.8. The summed E-state index contributed by atoms with van der Waals surface area (Å²) in [5.41, 5.74) is 8.91. The van der Waals surface area contributed by atoms with Crippen molar-refractivity contribution in [1.29, 1.82) is 0 Å². The number of carbonyl (C=O) groups is 2. The first-order valence-corrected chi connectivity index (χ1v) is 12.4. The van der Waals surface area contributed by atoms with E-state index in [0.717, 1.165) is 17.2 Å². The topological polar surface area (TPSA) is 120 Å². The first kappa shape index (κ1) is 28.0. The van der Waals surface area contributed by atoms with Crippen LogP contribution in [0, 0.1) is 25.5 Å². The minimum Gasteiger partial charge on any atom is -0.364 e. The molecule has 0 aliphatic heterocycles. The van der Waals surface area contributed by atoms with E-state index in [1.54, 1.807) is 25.1 Å². The summed E-state index contributed by atoms with van der Waals surface area (Å²) >= 11 is 0. The third-order valence-electron chi connectivity index (χ3n) is 6.56. The number of primary amides is 1. The van der Waals surface area contributed by atoms with E-state index in [9.17, 15) is 23.2 Å². The molecule has 3 heterocycles. The van der Waals surface area contributed by atoms with Crippen molar-refractivity contribution >= 4 is 17.9 Å². The van der Waals surface area contributed by atoms with Crippen molar-refractivity contribution in [2.75, 3.05) is 0 Å². The van der Waals surface area contributed by atoms with Crippen LogP contribution in [0.25, 0.3) is 17.2 Å². The van der Waals surface area contributed by atoms with E-state index in [2.05, 4.69) is 21.9 Å². The summed E-state index contributed by atoms with van der Waals surface area (Å²) in [5, 5.41) is 2.88. The average molecular weight is 544 g/mol. The lowest BCUT2D eigenvalue weighted by Crippen LogP contribution is -2.37. The highest BCUT2D eigenvalue weighted by atomic mass is 19.1. The number of aromatic nitrogens is 3. The van der Waals surface area contributed by atoms with Crippen LogP contribution in [0.5, 0.6) is 0 Å². The lowest BCUT2D eigenvalue weighted by Gasteiger charge is -2.22. The van der Waals surface area contributed by atoms with Crippen LogP contribution in [-0.4, -0.2) is 26.3 Å². The molecule has 0 saturated heterocycles. The highest BCUT2D eigenvalue weighted by Crippen LogP contribution is 2.29. The number of benzene rings is 1. The number of nitrogens with zero attached hydrogens (tertiary/aromatic N) is 3. The Kier molecular flexibility index (Phi) is 8.28. The van der Waals surface area contributed by atoms with Crippen molar-refractivity contribution in [3.05, 3.63) is 123 Å². The molecule has 0 fully saturated rings. The van der Waals surface area contributed by atoms with Gasteiger partial charge in [0.2, 0.25) is 5.91 Å². The molecule has 4 aromatic rings. The molecule has 0 aliphatic rings. The number of carbonyl (C=O) groups excluding carboxylic acids is 2. The Morgan fingerprint density at radius 1 is 1.07 bits per heavy atom. The Balaban J connectivity index is 1.77. The lowest BCUT2D eigenvalue weighted by molar-refractivity contribution is -0.122. The summed E-state index contributed by atoms with van der Waals surface area (Å²) < 4.78 is 29.4. The summed E-state index contributed by atoms with van der Waals surface area (Å²) in [4.78, 5) is 46.3. The molecule has 1 unspecified atom stereocenters. The molecule has 40 heavy (non-hydrogen) atoms. The van der Waals surface area contributed by atoms with E-state index in [0.29, 0.717) is 22.5 Å². The summed E-state index contributed by atoms with van der Waals surface area (Å²) in [5.74, 6) is -2.78. The Labute approximate surface area is 229 Å². The first-order chi connectivity index (χ1) is 19.1. The predicted molar refractivity (Wildman–Crippen MR) is 147 cm³/mol. The van der Waals surface area contributed by atoms with Gasteiger partial charge in [-0.25, -0.2) is 8.78 Å². The Bertz CT molecular complexity index is 1660. The molecular formula is C30H27F2N5O3. The maximum Gasteiger partial charge on any atom is 0.267 e. The molecular weight excluding hydrogens is 516 g/mol. The predicted octanol–water partition coefficient (Wildman–Crippen LogP) is 4.04. The zero-order valence-corrected chi connectivity index (χ0v) is 21.9. The van der Waals surface area contributed by atoms with Gasteiger partial charge < -0.3 is 11.1 Å². The molecule has 2 amide bonds. The van der Waals surface area contributed by atoms with E-state index in [1.165, 1.54) is 47.3 Å². The quantitative estimate of drug-likeness (QED) is 0.330. The fourth-order valence-corrected chi connectivity index (χ4v) is 4.56. The van der Waals surface area contributed by atoms with Crippen molar-refractivity contribution in [2.24, 2.45) is 5.73 Å². The highest BCUT2D eigenvalue weighted by Gasteiger charge is 2.23. The van der Waals surface area contributed by atoms with Crippen LogP contribution >= 0.6 is 0 Å². The van der Waals surface area contributed by atoms with Gasteiger partial charge in [-0.2, -0.15) is 0 Å². The minimum absolute atomic E-state index is 0.0195. The van der Waals surface area contributed by atoms with Crippen LogP contribution in [-0.2, 0) is 17.8 Å². The third kappa shape index (κ3) is 6.17. The molecule has 1 atom stereocenters.